The van der Waals surface area contributed by atoms with Crippen molar-refractivity contribution >= 4 is 40.4 Å². The minimum absolute atomic E-state index is 0.0364. The van der Waals surface area contributed by atoms with E-state index in [1.807, 2.05) is 22.1 Å². The molecule has 0 fully saturated rings. The van der Waals surface area contributed by atoms with Crippen molar-refractivity contribution in [2.24, 2.45) is 0 Å². The highest BCUT2D eigenvalue weighted by Gasteiger charge is 2.16. The van der Waals surface area contributed by atoms with Gasteiger partial charge >= 0.3 is 5.97 Å². The first-order valence-electron chi connectivity index (χ1n) is 5.93. The van der Waals surface area contributed by atoms with Crippen molar-refractivity contribution in [2.45, 2.75) is 11.7 Å². The van der Waals surface area contributed by atoms with Crippen LogP contribution in [0.5, 0.6) is 0 Å². The fraction of sp³-hybridized carbons (Fsp3) is 0.167. The van der Waals surface area contributed by atoms with E-state index < -0.39 is 5.97 Å². The molecule has 0 atom stereocenters. The summed E-state index contributed by atoms with van der Waals surface area (Å²) < 4.78 is 1.94. The van der Waals surface area contributed by atoms with Gasteiger partial charge < -0.3 is 5.11 Å². The normalized spacial score (nSPS) is 10.9. The Kier molecular flexibility index (Phi) is 4.32. The number of thiophene rings is 1. The maximum Gasteiger partial charge on any atom is 0.313 e. The molecule has 0 spiro atoms. The van der Waals surface area contributed by atoms with Gasteiger partial charge in [-0.05, 0) is 11.4 Å². The van der Waals surface area contributed by atoms with Crippen LogP contribution in [-0.4, -0.2) is 36.6 Å². The molecular formula is C12H10N4O2S3. The number of nitrogens with zero attached hydrogens (tertiary/aromatic N) is 4. The molecule has 108 valence electrons. The van der Waals surface area contributed by atoms with E-state index in [1.165, 1.54) is 11.8 Å². The zero-order chi connectivity index (χ0) is 14.7. The second-order valence-electron chi connectivity index (χ2n) is 4.02. The van der Waals surface area contributed by atoms with Crippen LogP contribution in [0.25, 0.3) is 10.7 Å². The SMILES string of the molecule is O=C(O)CSc1nnc(-c2cccs2)n1Cc1cncs1. The molecule has 0 aromatic carbocycles. The Bertz CT molecular complexity index is 722. The Morgan fingerprint density at radius 1 is 1.38 bits per heavy atom. The van der Waals surface area contributed by atoms with Gasteiger partial charge in [-0.2, -0.15) is 0 Å². The van der Waals surface area contributed by atoms with Gasteiger partial charge in [-0.15, -0.1) is 32.9 Å². The number of rotatable bonds is 6. The third-order valence-corrected chi connectivity index (χ3v) is 5.16. The van der Waals surface area contributed by atoms with Crippen molar-refractivity contribution in [1.29, 1.82) is 0 Å². The van der Waals surface area contributed by atoms with Crippen molar-refractivity contribution in [3.63, 3.8) is 0 Å². The predicted octanol–water partition coefficient (Wildman–Crippen LogP) is 2.69. The van der Waals surface area contributed by atoms with Crippen LogP contribution in [0.15, 0.2) is 34.4 Å². The van der Waals surface area contributed by atoms with Gasteiger partial charge in [-0.3, -0.25) is 14.3 Å². The summed E-state index contributed by atoms with van der Waals surface area (Å²) in [4.78, 5) is 16.9. The van der Waals surface area contributed by atoms with Gasteiger partial charge in [0.05, 0.1) is 22.7 Å². The van der Waals surface area contributed by atoms with Gasteiger partial charge in [-0.25, -0.2) is 0 Å². The van der Waals surface area contributed by atoms with Gasteiger partial charge in [-0.1, -0.05) is 17.8 Å². The summed E-state index contributed by atoms with van der Waals surface area (Å²) in [6.45, 7) is 0.590. The maximum absolute atomic E-state index is 10.8. The Morgan fingerprint density at radius 3 is 2.95 bits per heavy atom. The minimum atomic E-state index is -0.870. The van der Waals surface area contributed by atoms with Crippen LogP contribution in [0.3, 0.4) is 0 Å². The number of aromatic nitrogens is 4. The number of aliphatic carboxylic acids is 1. The van der Waals surface area contributed by atoms with Gasteiger partial charge in [0.25, 0.3) is 0 Å². The maximum atomic E-state index is 10.8. The second-order valence-corrected chi connectivity index (χ2v) is 6.88. The number of hydrogen-bond donors (Lipinski definition) is 1. The molecular weight excluding hydrogens is 328 g/mol. The molecule has 0 radical (unpaired) electrons. The van der Waals surface area contributed by atoms with E-state index in [1.54, 1.807) is 34.4 Å². The quantitative estimate of drug-likeness (QED) is 0.696. The summed E-state index contributed by atoms with van der Waals surface area (Å²) in [5.74, 6) is -0.151. The Balaban J connectivity index is 1.94. The number of carboxylic acids is 1. The summed E-state index contributed by atoms with van der Waals surface area (Å²) in [5, 5.41) is 19.8. The number of carbonyl (C=O) groups is 1. The fourth-order valence-corrected chi connectivity index (χ4v) is 3.69. The Morgan fingerprint density at radius 2 is 2.29 bits per heavy atom. The van der Waals surface area contributed by atoms with Crippen LogP contribution in [0.2, 0.25) is 0 Å². The fourth-order valence-electron chi connectivity index (χ4n) is 1.73. The van der Waals surface area contributed by atoms with Crippen LogP contribution in [0.4, 0.5) is 0 Å². The van der Waals surface area contributed by atoms with E-state index in [-0.39, 0.29) is 5.75 Å². The molecule has 0 saturated heterocycles. The highest BCUT2D eigenvalue weighted by Crippen LogP contribution is 2.28. The average Bonchev–Trinajstić information content (AvgIpc) is 3.18. The van der Waals surface area contributed by atoms with Crippen molar-refractivity contribution in [2.75, 3.05) is 5.75 Å². The van der Waals surface area contributed by atoms with E-state index in [2.05, 4.69) is 15.2 Å². The van der Waals surface area contributed by atoms with Crippen molar-refractivity contribution in [1.82, 2.24) is 19.7 Å². The van der Waals surface area contributed by atoms with Gasteiger partial charge in [0, 0.05) is 11.1 Å². The second kappa shape index (κ2) is 6.37. The highest BCUT2D eigenvalue weighted by atomic mass is 32.2. The van der Waals surface area contributed by atoms with Crippen molar-refractivity contribution < 1.29 is 9.90 Å². The first-order chi connectivity index (χ1) is 10.2. The molecule has 3 heterocycles. The topological polar surface area (TPSA) is 80.9 Å². The largest absolute Gasteiger partial charge is 0.481 e. The van der Waals surface area contributed by atoms with Gasteiger partial charge in [0.1, 0.15) is 0 Å². The molecule has 0 amide bonds. The summed E-state index contributed by atoms with van der Waals surface area (Å²) in [6, 6.07) is 3.93. The molecule has 0 aliphatic heterocycles. The summed E-state index contributed by atoms with van der Waals surface area (Å²) >= 11 is 4.30. The predicted molar refractivity (Wildman–Crippen MR) is 82.9 cm³/mol. The van der Waals surface area contributed by atoms with Crippen LogP contribution in [0, 0.1) is 0 Å². The molecule has 3 rings (SSSR count). The molecule has 1 N–H and O–H groups in total. The molecule has 0 aliphatic carbocycles. The zero-order valence-corrected chi connectivity index (χ0v) is 13.1. The molecule has 0 aliphatic rings. The molecule has 21 heavy (non-hydrogen) atoms. The van der Waals surface area contributed by atoms with Gasteiger partial charge in [0.2, 0.25) is 0 Å². The first-order valence-corrected chi connectivity index (χ1v) is 8.67. The molecule has 0 saturated carbocycles. The monoisotopic (exact) mass is 338 g/mol. The van der Waals surface area contributed by atoms with Crippen LogP contribution in [0.1, 0.15) is 4.88 Å². The lowest BCUT2D eigenvalue weighted by atomic mass is 10.4. The average molecular weight is 338 g/mol. The van der Waals surface area contributed by atoms with E-state index >= 15 is 0 Å². The van der Waals surface area contributed by atoms with E-state index in [4.69, 9.17) is 5.11 Å². The minimum Gasteiger partial charge on any atom is -0.481 e. The number of thioether (sulfide) groups is 1. The first kappa shape index (κ1) is 14.2. The summed E-state index contributed by atoms with van der Waals surface area (Å²) in [5.41, 5.74) is 1.77. The smallest absolute Gasteiger partial charge is 0.313 e. The highest BCUT2D eigenvalue weighted by molar-refractivity contribution is 7.99. The van der Waals surface area contributed by atoms with Gasteiger partial charge in [0.15, 0.2) is 11.0 Å². The number of hydrogen-bond acceptors (Lipinski definition) is 7. The summed E-state index contributed by atoms with van der Waals surface area (Å²) in [6.07, 6.45) is 1.80. The standard InChI is InChI=1S/C12H10N4O2S3/c17-10(18)6-20-12-15-14-11(9-2-1-3-19-9)16(12)5-8-4-13-7-21-8/h1-4,7H,5-6H2,(H,17,18). The van der Waals surface area contributed by atoms with Crippen LogP contribution >= 0.6 is 34.4 Å². The van der Waals surface area contributed by atoms with E-state index in [0.29, 0.717) is 11.7 Å². The summed E-state index contributed by atoms with van der Waals surface area (Å²) in [7, 11) is 0. The Hall–Kier alpha value is -1.71. The lowest BCUT2D eigenvalue weighted by Crippen LogP contribution is -2.05. The molecule has 6 nitrogen and oxygen atoms in total. The molecule has 3 aromatic rings. The number of carboxylic acid groups (broad SMARTS) is 1. The van der Waals surface area contributed by atoms with E-state index in [9.17, 15) is 4.79 Å². The third kappa shape index (κ3) is 3.31. The third-order valence-electron chi connectivity index (χ3n) is 2.58. The molecule has 0 unspecified atom stereocenters. The van der Waals surface area contributed by atoms with Crippen molar-refractivity contribution in [3.05, 3.63) is 34.1 Å². The zero-order valence-electron chi connectivity index (χ0n) is 10.7. The molecule has 9 heteroatoms. The lowest BCUT2D eigenvalue weighted by Gasteiger charge is -2.07. The van der Waals surface area contributed by atoms with E-state index in [0.717, 1.165) is 15.6 Å². The molecule has 0 bridgehead atoms. The molecule has 3 aromatic heterocycles. The Labute approximate surface area is 132 Å². The van der Waals surface area contributed by atoms with Crippen LogP contribution in [-0.2, 0) is 11.3 Å². The van der Waals surface area contributed by atoms with Crippen LogP contribution < -0.4 is 0 Å². The lowest BCUT2D eigenvalue weighted by molar-refractivity contribution is -0.133. The number of thiazole rings is 1. The van der Waals surface area contributed by atoms with Crippen molar-refractivity contribution in [3.8, 4) is 10.7 Å².